The Labute approximate surface area is 114 Å². The van der Waals surface area contributed by atoms with Crippen LogP contribution in [-0.2, 0) is 6.42 Å². The van der Waals surface area contributed by atoms with Crippen molar-refractivity contribution in [3.05, 3.63) is 40.2 Å². The van der Waals surface area contributed by atoms with Gasteiger partial charge in [-0.2, -0.15) is 0 Å². The highest BCUT2D eigenvalue weighted by Gasteiger charge is 2.21. The smallest absolute Gasteiger partial charge is 0.291 e. The number of carbonyl (C=O) groups is 2. The Balaban J connectivity index is 2.35. The fraction of sp³-hybridized carbons (Fsp3) is 0.231. The molecule has 2 amide bonds. The molecule has 0 unspecified atom stereocenters. The molecule has 3 N–H and O–H groups in total. The molecular formula is C13H14N2O3S. The Morgan fingerprint density at radius 3 is 2.74 bits per heavy atom. The second-order valence-corrected chi connectivity index (χ2v) is 5.21. The van der Waals surface area contributed by atoms with E-state index in [-0.39, 0.29) is 5.76 Å². The van der Waals surface area contributed by atoms with Crippen LogP contribution in [0.1, 0.15) is 38.3 Å². The Morgan fingerprint density at radius 2 is 2.21 bits per heavy atom. The van der Waals surface area contributed by atoms with Gasteiger partial charge in [0, 0.05) is 4.88 Å². The average Bonchev–Trinajstić information content (AvgIpc) is 2.96. The first-order valence-electron chi connectivity index (χ1n) is 5.81. The molecule has 0 radical (unpaired) electrons. The van der Waals surface area contributed by atoms with Gasteiger partial charge < -0.3 is 15.5 Å². The van der Waals surface area contributed by atoms with Gasteiger partial charge >= 0.3 is 0 Å². The van der Waals surface area contributed by atoms with Gasteiger partial charge in [0.05, 0.1) is 11.8 Å². The van der Waals surface area contributed by atoms with E-state index in [2.05, 4.69) is 5.32 Å². The summed E-state index contributed by atoms with van der Waals surface area (Å²) in [6.07, 6.45) is 2.11. The first-order chi connectivity index (χ1) is 9.04. The third-order valence-electron chi connectivity index (χ3n) is 2.78. The minimum Gasteiger partial charge on any atom is -0.459 e. The number of amides is 2. The number of hydrogen-bond donors (Lipinski definition) is 2. The molecule has 6 heteroatoms. The van der Waals surface area contributed by atoms with Crippen molar-refractivity contribution in [1.82, 2.24) is 0 Å². The van der Waals surface area contributed by atoms with Gasteiger partial charge in [-0.15, -0.1) is 11.3 Å². The molecule has 0 bridgehead atoms. The van der Waals surface area contributed by atoms with Crippen molar-refractivity contribution in [1.29, 1.82) is 0 Å². The molecule has 0 fully saturated rings. The molecule has 0 aromatic carbocycles. The van der Waals surface area contributed by atoms with Crippen molar-refractivity contribution in [3.63, 3.8) is 0 Å². The van der Waals surface area contributed by atoms with Gasteiger partial charge in [0.15, 0.2) is 5.76 Å². The summed E-state index contributed by atoms with van der Waals surface area (Å²) >= 11 is 1.35. The van der Waals surface area contributed by atoms with E-state index in [9.17, 15) is 9.59 Å². The van der Waals surface area contributed by atoms with Crippen molar-refractivity contribution in [2.45, 2.75) is 20.3 Å². The number of nitrogens with two attached hydrogens (primary N) is 1. The van der Waals surface area contributed by atoms with Crippen molar-refractivity contribution in [2.75, 3.05) is 5.32 Å². The summed E-state index contributed by atoms with van der Waals surface area (Å²) in [6.45, 7) is 3.85. The quantitative estimate of drug-likeness (QED) is 0.901. The van der Waals surface area contributed by atoms with E-state index in [4.69, 9.17) is 10.2 Å². The van der Waals surface area contributed by atoms with Crippen LogP contribution in [-0.4, -0.2) is 11.8 Å². The summed E-state index contributed by atoms with van der Waals surface area (Å²) in [7, 11) is 0. The summed E-state index contributed by atoms with van der Waals surface area (Å²) < 4.78 is 5.01. The minimum absolute atomic E-state index is 0.194. The number of furan rings is 1. The molecule has 0 atom stereocenters. The summed E-state index contributed by atoms with van der Waals surface area (Å²) in [5, 5.41) is 3.15. The Hall–Kier alpha value is -2.08. The Morgan fingerprint density at radius 1 is 1.47 bits per heavy atom. The molecule has 0 spiro atoms. The van der Waals surface area contributed by atoms with Gasteiger partial charge in [-0.05, 0) is 31.0 Å². The molecular weight excluding hydrogens is 264 g/mol. The summed E-state index contributed by atoms with van der Waals surface area (Å²) in [5.41, 5.74) is 6.67. The lowest BCUT2D eigenvalue weighted by atomic mass is 10.1. The fourth-order valence-electron chi connectivity index (χ4n) is 1.93. The number of hydrogen-bond acceptors (Lipinski definition) is 4. The van der Waals surface area contributed by atoms with Crippen LogP contribution in [0.2, 0.25) is 0 Å². The van der Waals surface area contributed by atoms with Crippen molar-refractivity contribution in [2.24, 2.45) is 5.73 Å². The van der Waals surface area contributed by atoms with Crippen LogP contribution in [0.25, 0.3) is 0 Å². The summed E-state index contributed by atoms with van der Waals surface area (Å²) in [5.74, 6) is -0.730. The molecule has 5 nitrogen and oxygen atoms in total. The van der Waals surface area contributed by atoms with Crippen LogP contribution in [0.15, 0.2) is 22.8 Å². The number of nitrogens with one attached hydrogen (secondary N) is 1. The molecule has 2 rings (SSSR count). The highest BCUT2D eigenvalue weighted by molar-refractivity contribution is 7.16. The minimum atomic E-state index is -0.532. The van der Waals surface area contributed by atoms with E-state index in [0.29, 0.717) is 17.0 Å². The van der Waals surface area contributed by atoms with Crippen molar-refractivity contribution >= 4 is 28.2 Å². The van der Waals surface area contributed by atoms with Crippen LogP contribution in [0, 0.1) is 6.92 Å². The van der Waals surface area contributed by atoms with Gasteiger partial charge in [-0.1, -0.05) is 6.92 Å². The molecule has 100 valence electrons. The molecule has 0 saturated carbocycles. The second kappa shape index (κ2) is 5.27. The number of anilines is 1. The monoisotopic (exact) mass is 278 g/mol. The highest BCUT2D eigenvalue weighted by atomic mass is 32.1. The molecule has 19 heavy (non-hydrogen) atoms. The third-order valence-corrected chi connectivity index (χ3v) is 3.84. The molecule has 2 aromatic rings. The summed E-state index contributed by atoms with van der Waals surface area (Å²) in [4.78, 5) is 24.4. The Bertz CT molecular complexity index is 614. The largest absolute Gasteiger partial charge is 0.459 e. The maximum atomic E-state index is 11.9. The SMILES string of the molecule is CCc1c(C)sc(NC(=O)c2ccco2)c1C(N)=O. The first-order valence-corrected chi connectivity index (χ1v) is 6.63. The molecule has 0 aliphatic rings. The van der Waals surface area contributed by atoms with Gasteiger partial charge in [0.2, 0.25) is 0 Å². The molecule has 2 aromatic heterocycles. The van der Waals surface area contributed by atoms with E-state index in [1.807, 2.05) is 13.8 Å². The zero-order valence-electron chi connectivity index (χ0n) is 10.6. The van der Waals surface area contributed by atoms with E-state index >= 15 is 0 Å². The van der Waals surface area contributed by atoms with E-state index in [1.54, 1.807) is 12.1 Å². The van der Waals surface area contributed by atoms with Gasteiger partial charge in [-0.3, -0.25) is 9.59 Å². The van der Waals surface area contributed by atoms with Crippen LogP contribution in [0.4, 0.5) is 5.00 Å². The maximum absolute atomic E-state index is 11.9. The topological polar surface area (TPSA) is 85.3 Å². The fourth-order valence-corrected chi connectivity index (χ4v) is 3.07. The first kappa shape index (κ1) is 13.4. The van der Waals surface area contributed by atoms with E-state index in [0.717, 1.165) is 10.4 Å². The van der Waals surface area contributed by atoms with Crippen molar-refractivity contribution in [3.8, 4) is 0 Å². The van der Waals surface area contributed by atoms with Crippen molar-refractivity contribution < 1.29 is 14.0 Å². The molecule has 0 aliphatic carbocycles. The molecule has 0 saturated heterocycles. The van der Waals surface area contributed by atoms with E-state index < -0.39 is 11.8 Å². The van der Waals surface area contributed by atoms with Gasteiger partial charge in [0.25, 0.3) is 11.8 Å². The zero-order chi connectivity index (χ0) is 14.0. The lowest BCUT2D eigenvalue weighted by Crippen LogP contribution is -2.17. The van der Waals surface area contributed by atoms with Gasteiger partial charge in [-0.25, -0.2) is 0 Å². The van der Waals surface area contributed by atoms with E-state index in [1.165, 1.54) is 17.6 Å². The summed E-state index contributed by atoms with van der Waals surface area (Å²) in [6, 6.07) is 3.18. The predicted octanol–water partition coefficient (Wildman–Crippen LogP) is 2.56. The number of carbonyl (C=O) groups excluding carboxylic acids is 2. The third kappa shape index (κ3) is 2.53. The number of thiophene rings is 1. The standard InChI is InChI=1S/C13H14N2O3S/c1-3-8-7(2)19-13(10(8)11(14)16)15-12(17)9-5-4-6-18-9/h4-6H,3H2,1-2H3,(H2,14,16)(H,15,17). The zero-order valence-corrected chi connectivity index (χ0v) is 11.5. The van der Waals surface area contributed by atoms with Crippen LogP contribution in [0.3, 0.4) is 0 Å². The Kier molecular flexibility index (Phi) is 3.71. The molecule has 0 aliphatic heterocycles. The average molecular weight is 278 g/mol. The normalized spacial score (nSPS) is 10.4. The number of aryl methyl sites for hydroxylation is 1. The van der Waals surface area contributed by atoms with Gasteiger partial charge in [0.1, 0.15) is 5.00 Å². The lowest BCUT2D eigenvalue weighted by molar-refractivity contribution is 0.0997. The number of rotatable bonds is 4. The van der Waals surface area contributed by atoms with Crippen LogP contribution < -0.4 is 11.1 Å². The maximum Gasteiger partial charge on any atom is 0.291 e. The van der Waals surface area contributed by atoms with Crippen LogP contribution >= 0.6 is 11.3 Å². The number of primary amides is 1. The highest BCUT2D eigenvalue weighted by Crippen LogP contribution is 2.33. The van der Waals surface area contributed by atoms with Crippen LogP contribution in [0.5, 0.6) is 0 Å². The lowest BCUT2D eigenvalue weighted by Gasteiger charge is -2.03. The predicted molar refractivity (Wildman–Crippen MR) is 73.6 cm³/mol. The second-order valence-electron chi connectivity index (χ2n) is 3.99. The molecule has 2 heterocycles.